The summed E-state index contributed by atoms with van der Waals surface area (Å²) in [4.78, 5) is 0. The van der Waals surface area contributed by atoms with Crippen LogP contribution >= 0.6 is 0 Å². The molecular weight excluding hydrogens is 272 g/mol. The molecule has 0 radical (unpaired) electrons. The fraction of sp³-hybridized carbons (Fsp3) is 0.200. The molecule has 2 rings (SSSR count). The average molecular weight is 284 g/mol. The molecular formula is C15H12F4O. The quantitative estimate of drug-likeness (QED) is 0.748. The molecule has 0 N–H and O–H groups in total. The van der Waals surface area contributed by atoms with Gasteiger partial charge in [0.2, 0.25) is 0 Å². The molecule has 0 atom stereocenters. The summed E-state index contributed by atoms with van der Waals surface area (Å²) in [5.41, 5.74) is 0.515. The first-order chi connectivity index (χ1) is 9.45. The van der Waals surface area contributed by atoms with Crippen molar-refractivity contribution in [3.8, 4) is 0 Å². The third kappa shape index (κ3) is 4.06. The normalized spacial score (nSPS) is 11.6. The average Bonchev–Trinajstić information content (AvgIpc) is 2.40. The molecule has 0 saturated heterocycles. The van der Waals surface area contributed by atoms with Crippen LogP contribution in [-0.2, 0) is 24.1 Å². The highest BCUT2D eigenvalue weighted by molar-refractivity contribution is 5.25. The lowest BCUT2D eigenvalue weighted by Crippen LogP contribution is -2.05. The molecule has 0 saturated carbocycles. The molecule has 0 bridgehead atoms. The standard InChI is InChI=1S/C15H12F4O/c16-14-6-4-11(5-7-14)9-20-10-12-2-1-3-13(8-12)15(17,18)19/h1-8H,9-10H2. The second-order valence-corrected chi connectivity index (χ2v) is 4.32. The minimum atomic E-state index is -4.35. The lowest BCUT2D eigenvalue weighted by Gasteiger charge is -2.09. The van der Waals surface area contributed by atoms with Crippen molar-refractivity contribution < 1.29 is 22.3 Å². The first kappa shape index (κ1) is 14.5. The van der Waals surface area contributed by atoms with Gasteiger partial charge in [-0.25, -0.2) is 4.39 Å². The Labute approximate surface area is 113 Å². The van der Waals surface area contributed by atoms with Crippen LogP contribution in [-0.4, -0.2) is 0 Å². The zero-order chi connectivity index (χ0) is 14.6. The Bertz CT molecular complexity index is 561. The summed E-state index contributed by atoms with van der Waals surface area (Å²) in [5, 5.41) is 0. The van der Waals surface area contributed by atoms with Crippen molar-refractivity contribution in [3.05, 3.63) is 71.0 Å². The van der Waals surface area contributed by atoms with Crippen molar-refractivity contribution in [1.82, 2.24) is 0 Å². The van der Waals surface area contributed by atoms with Crippen molar-refractivity contribution in [2.24, 2.45) is 0 Å². The number of hydrogen-bond donors (Lipinski definition) is 0. The van der Waals surface area contributed by atoms with Crippen LogP contribution in [0.2, 0.25) is 0 Å². The maximum absolute atomic E-state index is 12.7. The zero-order valence-corrected chi connectivity index (χ0v) is 10.5. The number of ether oxygens (including phenoxy) is 1. The predicted octanol–water partition coefficient (Wildman–Crippen LogP) is 4.56. The molecule has 2 aromatic rings. The molecule has 0 spiro atoms. The van der Waals surface area contributed by atoms with Gasteiger partial charge in [0, 0.05) is 0 Å². The maximum atomic E-state index is 12.7. The molecule has 0 aliphatic rings. The predicted molar refractivity (Wildman–Crippen MR) is 66.3 cm³/mol. The van der Waals surface area contributed by atoms with Gasteiger partial charge in [-0.1, -0.05) is 24.3 Å². The molecule has 0 aromatic heterocycles. The van der Waals surface area contributed by atoms with E-state index in [1.807, 2.05) is 0 Å². The lowest BCUT2D eigenvalue weighted by molar-refractivity contribution is -0.137. The van der Waals surface area contributed by atoms with E-state index in [4.69, 9.17) is 4.74 Å². The Morgan fingerprint density at radius 1 is 0.850 bits per heavy atom. The Hall–Kier alpha value is -1.88. The Morgan fingerprint density at radius 2 is 1.50 bits per heavy atom. The van der Waals surface area contributed by atoms with E-state index in [1.165, 1.54) is 18.2 Å². The highest BCUT2D eigenvalue weighted by Crippen LogP contribution is 2.29. The number of rotatable bonds is 4. The van der Waals surface area contributed by atoms with Gasteiger partial charge in [0.15, 0.2) is 0 Å². The van der Waals surface area contributed by atoms with Crippen molar-refractivity contribution in [2.75, 3.05) is 0 Å². The molecule has 0 heterocycles. The fourth-order valence-electron chi connectivity index (χ4n) is 1.70. The SMILES string of the molecule is Fc1ccc(COCc2cccc(C(F)(F)F)c2)cc1. The summed E-state index contributed by atoms with van der Waals surface area (Å²) >= 11 is 0. The summed E-state index contributed by atoms with van der Waals surface area (Å²) < 4.78 is 55.6. The van der Waals surface area contributed by atoms with Crippen LogP contribution in [0.15, 0.2) is 48.5 Å². The smallest absolute Gasteiger partial charge is 0.372 e. The third-order valence-corrected chi connectivity index (χ3v) is 2.71. The van der Waals surface area contributed by atoms with E-state index in [1.54, 1.807) is 18.2 Å². The Balaban J connectivity index is 1.93. The summed E-state index contributed by atoms with van der Waals surface area (Å²) in [6, 6.07) is 10.8. The summed E-state index contributed by atoms with van der Waals surface area (Å²) in [7, 11) is 0. The first-order valence-electron chi connectivity index (χ1n) is 5.93. The summed E-state index contributed by atoms with van der Waals surface area (Å²) in [6.45, 7) is 0.290. The van der Waals surface area contributed by atoms with Crippen LogP contribution < -0.4 is 0 Å². The lowest BCUT2D eigenvalue weighted by atomic mass is 10.1. The second kappa shape index (κ2) is 6.05. The third-order valence-electron chi connectivity index (χ3n) is 2.71. The van der Waals surface area contributed by atoms with Crippen molar-refractivity contribution in [3.63, 3.8) is 0 Å². The maximum Gasteiger partial charge on any atom is 0.416 e. The molecule has 5 heteroatoms. The van der Waals surface area contributed by atoms with Gasteiger partial charge in [-0.2, -0.15) is 13.2 Å². The number of alkyl halides is 3. The van der Waals surface area contributed by atoms with Crippen LogP contribution in [0.3, 0.4) is 0 Å². The van der Waals surface area contributed by atoms with E-state index in [-0.39, 0.29) is 19.0 Å². The van der Waals surface area contributed by atoms with Crippen molar-refractivity contribution in [2.45, 2.75) is 19.4 Å². The van der Waals surface area contributed by atoms with Gasteiger partial charge in [0.1, 0.15) is 5.82 Å². The van der Waals surface area contributed by atoms with Gasteiger partial charge in [0.05, 0.1) is 18.8 Å². The van der Waals surface area contributed by atoms with Crippen LogP contribution in [0.4, 0.5) is 17.6 Å². The molecule has 0 aliphatic carbocycles. The fourth-order valence-corrected chi connectivity index (χ4v) is 1.70. The zero-order valence-electron chi connectivity index (χ0n) is 10.5. The van der Waals surface area contributed by atoms with Crippen LogP contribution in [0.5, 0.6) is 0 Å². The molecule has 2 aromatic carbocycles. The number of benzene rings is 2. The van der Waals surface area contributed by atoms with Crippen LogP contribution in [0.1, 0.15) is 16.7 Å². The molecule has 106 valence electrons. The Kier molecular flexibility index (Phi) is 4.39. The van der Waals surface area contributed by atoms with Gasteiger partial charge in [0.25, 0.3) is 0 Å². The van der Waals surface area contributed by atoms with E-state index in [0.717, 1.165) is 17.7 Å². The molecule has 20 heavy (non-hydrogen) atoms. The highest BCUT2D eigenvalue weighted by atomic mass is 19.4. The van der Waals surface area contributed by atoms with Gasteiger partial charge in [-0.05, 0) is 35.4 Å². The molecule has 0 unspecified atom stereocenters. The van der Waals surface area contributed by atoms with Crippen molar-refractivity contribution >= 4 is 0 Å². The van der Waals surface area contributed by atoms with Gasteiger partial charge < -0.3 is 4.74 Å². The van der Waals surface area contributed by atoms with E-state index in [0.29, 0.717) is 5.56 Å². The molecule has 0 fully saturated rings. The highest BCUT2D eigenvalue weighted by Gasteiger charge is 2.30. The van der Waals surface area contributed by atoms with Crippen molar-refractivity contribution in [1.29, 1.82) is 0 Å². The minimum Gasteiger partial charge on any atom is -0.372 e. The van der Waals surface area contributed by atoms with Gasteiger partial charge in [-0.3, -0.25) is 0 Å². The first-order valence-corrected chi connectivity index (χ1v) is 5.93. The summed E-state index contributed by atoms with van der Waals surface area (Å²) in [5.74, 6) is -0.341. The minimum absolute atomic E-state index is 0.0707. The van der Waals surface area contributed by atoms with Crippen LogP contribution in [0, 0.1) is 5.82 Å². The van der Waals surface area contributed by atoms with Crippen LogP contribution in [0.25, 0.3) is 0 Å². The second-order valence-electron chi connectivity index (χ2n) is 4.32. The Morgan fingerprint density at radius 3 is 2.15 bits per heavy atom. The summed E-state index contributed by atoms with van der Waals surface area (Å²) in [6.07, 6.45) is -4.35. The van der Waals surface area contributed by atoms with E-state index < -0.39 is 11.7 Å². The van der Waals surface area contributed by atoms with E-state index in [2.05, 4.69) is 0 Å². The molecule has 0 amide bonds. The topological polar surface area (TPSA) is 9.23 Å². The number of halogens is 4. The van der Waals surface area contributed by atoms with E-state index in [9.17, 15) is 17.6 Å². The molecule has 1 nitrogen and oxygen atoms in total. The van der Waals surface area contributed by atoms with Gasteiger partial charge >= 0.3 is 6.18 Å². The largest absolute Gasteiger partial charge is 0.416 e. The van der Waals surface area contributed by atoms with E-state index >= 15 is 0 Å². The van der Waals surface area contributed by atoms with Gasteiger partial charge in [-0.15, -0.1) is 0 Å². The monoisotopic (exact) mass is 284 g/mol. The molecule has 0 aliphatic heterocycles. The number of hydrogen-bond acceptors (Lipinski definition) is 1.